The summed E-state index contributed by atoms with van der Waals surface area (Å²) in [5.74, 6) is -0.989. The lowest BCUT2D eigenvalue weighted by Gasteiger charge is -2.23. The van der Waals surface area contributed by atoms with Crippen LogP contribution < -0.4 is 0 Å². The molecule has 0 fully saturated rings. The molecule has 0 saturated heterocycles. The minimum absolute atomic E-state index is 0.458. The Balaban J connectivity index is 2.22. The average molecular weight is 226 g/mol. The Kier molecular flexibility index (Phi) is 5.42. The van der Waals surface area contributed by atoms with Gasteiger partial charge in [-0.15, -0.1) is 0 Å². The summed E-state index contributed by atoms with van der Waals surface area (Å²) in [7, 11) is 1.48. The zero-order valence-electron chi connectivity index (χ0n) is 9.68. The van der Waals surface area contributed by atoms with Crippen LogP contribution in [0.5, 0.6) is 0 Å². The van der Waals surface area contributed by atoms with Crippen LogP contribution in [-0.4, -0.2) is 24.8 Å². The SMILES string of the molecule is COC(C)(CCOCc1ccccc1)OO. The van der Waals surface area contributed by atoms with Crippen molar-refractivity contribution >= 4 is 0 Å². The molecule has 0 bridgehead atoms. The minimum atomic E-state index is -0.989. The standard InChI is InChI=1S/C12H18O4/c1-12(14-2,16-13)8-9-15-10-11-6-4-3-5-7-11/h3-7,13H,8-10H2,1-2H3. The van der Waals surface area contributed by atoms with Gasteiger partial charge in [-0.2, -0.15) is 0 Å². The quantitative estimate of drug-likeness (QED) is 0.336. The second-order valence-electron chi connectivity index (χ2n) is 3.72. The summed E-state index contributed by atoms with van der Waals surface area (Å²) in [5, 5.41) is 8.62. The highest BCUT2D eigenvalue weighted by Crippen LogP contribution is 2.15. The van der Waals surface area contributed by atoms with Gasteiger partial charge in [0.25, 0.3) is 0 Å². The fourth-order valence-electron chi connectivity index (χ4n) is 1.21. The molecule has 4 heteroatoms. The first-order chi connectivity index (χ1) is 7.70. The molecule has 0 saturated carbocycles. The number of hydrogen-bond acceptors (Lipinski definition) is 4. The fraction of sp³-hybridized carbons (Fsp3) is 0.500. The monoisotopic (exact) mass is 226 g/mol. The van der Waals surface area contributed by atoms with Gasteiger partial charge in [0.1, 0.15) is 0 Å². The van der Waals surface area contributed by atoms with E-state index in [1.165, 1.54) is 7.11 Å². The zero-order valence-corrected chi connectivity index (χ0v) is 9.68. The maximum absolute atomic E-state index is 8.62. The molecule has 1 N–H and O–H groups in total. The van der Waals surface area contributed by atoms with Crippen LogP contribution in [0.25, 0.3) is 0 Å². The van der Waals surface area contributed by atoms with E-state index in [1.54, 1.807) is 6.92 Å². The van der Waals surface area contributed by atoms with Gasteiger partial charge in [-0.05, 0) is 12.5 Å². The van der Waals surface area contributed by atoms with Crippen molar-refractivity contribution in [2.75, 3.05) is 13.7 Å². The third kappa shape index (κ3) is 4.28. The molecule has 0 spiro atoms. The summed E-state index contributed by atoms with van der Waals surface area (Å²) >= 11 is 0. The molecule has 1 aromatic carbocycles. The number of rotatable bonds is 7. The van der Waals surface area contributed by atoms with Gasteiger partial charge >= 0.3 is 0 Å². The van der Waals surface area contributed by atoms with E-state index in [2.05, 4.69) is 4.89 Å². The van der Waals surface area contributed by atoms with E-state index in [4.69, 9.17) is 14.7 Å². The van der Waals surface area contributed by atoms with Gasteiger partial charge in [0.05, 0.1) is 13.2 Å². The Morgan fingerprint density at radius 3 is 2.50 bits per heavy atom. The van der Waals surface area contributed by atoms with Crippen molar-refractivity contribution in [3.8, 4) is 0 Å². The maximum atomic E-state index is 8.62. The molecule has 0 aliphatic heterocycles. The molecule has 0 amide bonds. The predicted molar refractivity (Wildman–Crippen MR) is 59.8 cm³/mol. The fourth-order valence-corrected chi connectivity index (χ4v) is 1.21. The molecule has 16 heavy (non-hydrogen) atoms. The van der Waals surface area contributed by atoms with Crippen LogP contribution in [0.1, 0.15) is 18.9 Å². The van der Waals surface area contributed by atoms with Crippen LogP contribution in [0, 0.1) is 0 Å². The maximum Gasteiger partial charge on any atom is 0.200 e. The molecule has 0 aromatic heterocycles. The van der Waals surface area contributed by atoms with E-state index in [-0.39, 0.29) is 0 Å². The molecule has 1 aromatic rings. The van der Waals surface area contributed by atoms with E-state index in [0.717, 1.165) is 5.56 Å². The van der Waals surface area contributed by atoms with Crippen LogP contribution in [0.2, 0.25) is 0 Å². The second-order valence-corrected chi connectivity index (χ2v) is 3.72. The van der Waals surface area contributed by atoms with Gasteiger partial charge in [0, 0.05) is 13.5 Å². The summed E-state index contributed by atoms with van der Waals surface area (Å²) in [6, 6.07) is 9.89. The highest BCUT2D eigenvalue weighted by atomic mass is 17.1. The summed E-state index contributed by atoms with van der Waals surface area (Å²) in [6.45, 7) is 2.66. The Hall–Kier alpha value is -0.940. The van der Waals surface area contributed by atoms with Crippen molar-refractivity contribution in [2.24, 2.45) is 0 Å². The molecule has 4 nitrogen and oxygen atoms in total. The molecule has 90 valence electrons. The van der Waals surface area contributed by atoms with E-state index >= 15 is 0 Å². The van der Waals surface area contributed by atoms with Crippen molar-refractivity contribution in [2.45, 2.75) is 25.7 Å². The molecule has 0 aliphatic carbocycles. The number of hydrogen-bond donors (Lipinski definition) is 1. The topological polar surface area (TPSA) is 47.9 Å². The highest BCUT2D eigenvalue weighted by molar-refractivity contribution is 5.13. The van der Waals surface area contributed by atoms with Crippen molar-refractivity contribution in [3.05, 3.63) is 35.9 Å². The first-order valence-electron chi connectivity index (χ1n) is 5.19. The number of ether oxygens (including phenoxy) is 2. The smallest absolute Gasteiger partial charge is 0.200 e. The van der Waals surface area contributed by atoms with Crippen molar-refractivity contribution in [1.82, 2.24) is 0 Å². The molecule has 1 unspecified atom stereocenters. The minimum Gasteiger partial charge on any atom is -0.377 e. The Morgan fingerprint density at radius 2 is 1.94 bits per heavy atom. The van der Waals surface area contributed by atoms with Crippen LogP contribution >= 0.6 is 0 Å². The Morgan fingerprint density at radius 1 is 1.25 bits per heavy atom. The molecule has 1 rings (SSSR count). The average Bonchev–Trinajstić information content (AvgIpc) is 2.36. The predicted octanol–water partition coefficient (Wildman–Crippen LogP) is 2.45. The van der Waals surface area contributed by atoms with Crippen LogP contribution in [0.3, 0.4) is 0 Å². The van der Waals surface area contributed by atoms with Crippen LogP contribution in [0.15, 0.2) is 30.3 Å². The van der Waals surface area contributed by atoms with Gasteiger partial charge in [-0.3, -0.25) is 0 Å². The molecular weight excluding hydrogens is 208 g/mol. The van der Waals surface area contributed by atoms with Crippen molar-refractivity contribution < 1.29 is 19.6 Å². The summed E-state index contributed by atoms with van der Waals surface area (Å²) in [6.07, 6.45) is 0.465. The normalized spacial score (nSPS) is 14.7. The molecule has 0 aliphatic rings. The summed E-state index contributed by atoms with van der Waals surface area (Å²) < 4.78 is 10.4. The summed E-state index contributed by atoms with van der Waals surface area (Å²) in [4.78, 5) is 4.24. The lowest BCUT2D eigenvalue weighted by atomic mass is 10.2. The number of benzene rings is 1. The molecule has 0 heterocycles. The van der Waals surface area contributed by atoms with Crippen LogP contribution in [-0.2, 0) is 21.0 Å². The molecule has 1 atom stereocenters. The van der Waals surface area contributed by atoms with E-state index in [0.29, 0.717) is 19.6 Å². The Bertz CT molecular complexity index is 282. The van der Waals surface area contributed by atoms with Crippen LogP contribution in [0.4, 0.5) is 0 Å². The largest absolute Gasteiger partial charge is 0.377 e. The second kappa shape index (κ2) is 6.60. The first-order valence-corrected chi connectivity index (χ1v) is 5.19. The molecular formula is C12H18O4. The van der Waals surface area contributed by atoms with E-state index < -0.39 is 5.79 Å². The van der Waals surface area contributed by atoms with Gasteiger partial charge in [-0.25, -0.2) is 10.1 Å². The zero-order chi connectivity index (χ0) is 11.9. The first kappa shape index (κ1) is 13.1. The van der Waals surface area contributed by atoms with Gasteiger partial charge in [0.15, 0.2) is 5.79 Å². The highest BCUT2D eigenvalue weighted by Gasteiger charge is 2.24. The lowest BCUT2D eigenvalue weighted by Crippen LogP contribution is -2.31. The van der Waals surface area contributed by atoms with Crippen molar-refractivity contribution in [3.63, 3.8) is 0 Å². The lowest BCUT2D eigenvalue weighted by molar-refractivity contribution is -0.395. The van der Waals surface area contributed by atoms with Gasteiger partial charge in [-0.1, -0.05) is 30.3 Å². The van der Waals surface area contributed by atoms with Gasteiger partial charge < -0.3 is 9.47 Å². The Labute approximate surface area is 95.7 Å². The summed E-state index contributed by atoms with van der Waals surface area (Å²) in [5.41, 5.74) is 1.12. The van der Waals surface area contributed by atoms with E-state index in [1.807, 2.05) is 30.3 Å². The molecule has 0 radical (unpaired) electrons. The number of methoxy groups -OCH3 is 1. The van der Waals surface area contributed by atoms with Gasteiger partial charge in [0.2, 0.25) is 0 Å². The third-order valence-corrected chi connectivity index (χ3v) is 2.44. The third-order valence-electron chi connectivity index (χ3n) is 2.44. The van der Waals surface area contributed by atoms with E-state index in [9.17, 15) is 0 Å². The van der Waals surface area contributed by atoms with Crippen molar-refractivity contribution in [1.29, 1.82) is 0 Å².